The number of hydrogen-bond donors (Lipinski definition) is 2. The predicted octanol–water partition coefficient (Wildman–Crippen LogP) is -0.694. The summed E-state index contributed by atoms with van der Waals surface area (Å²) >= 11 is 0. The van der Waals surface area contributed by atoms with E-state index >= 15 is 0 Å². The van der Waals surface area contributed by atoms with Gasteiger partial charge >= 0.3 is 0 Å². The number of rotatable bonds is 4. The van der Waals surface area contributed by atoms with Crippen molar-refractivity contribution in [2.24, 2.45) is 0 Å². The molecule has 0 fully saturated rings. The van der Waals surface area contributed by atoms with Crippen molar-refractivity contribution in [3.63, 3.8) is 0 Å². The molecule has 0 aromatic carbocycles. The number of hydrogen-bond acceptors (Lipinski definition) is 3. The van der Waals surface area contributed by atoms with Crippen LogP contribution in [0.4, 0.5) is 0 Å². The van der Waals surface area contributed by atoms with E-state index in [-0.39, 0.29) is 6.54 Å². The van der Waals surface area contributed by atoms with Gasteiger partial charge in [0.1, 0.15) is 0 Å². The molecule has 1 aromatic rings. The fraction of sp³-hybridized carbons (Fsp3) is 0.500. The van der Waals surface area contributed by atoms with Gasteiger partial charge in [0.25, 0.3) is 10.2 Å². The van der Waals surface area contributed by atoms with Gasteiger partial charge in [-0.3, -0.25) is 0 Å². The van der Waals surface area contributed by atoms with E-state index in [1.165, 1.54) is 20.4 Å². The van der Waals surface area contributed by atoms with Gasteiger partial charge in [0.15, 0.2) is 0 Å². The molecule has 0 spiro atoms. The van der Waals surface area contributed by atoms with Crippen LogP contribution in [-0.2, 0) is 16.8 Å². The maximum absolute atomic E-state index is 11.2. The molecule has 0 atom stereocenters. The highest BCUT2D eigenvalue weighted by Crippen LogP contribution is 1.93. The van der Waals surface area contributed by atoms with Crippen LogP contribution in [0.3, 0.4) is 0 Å². The smallest absolute Gasteiger partial charge is 0.279 e. The summed E-state index contributed by atoms with van der Waals surface area (Å²) in [4.78, 5) is 6.56. The van der Waals surface area contributed by atoms with E-state index in [9.17, 15) is 8.42 Å². The van der Waals surface area contributed by atoms with Crippen LogP contribution in [0.15, 0.2) is 12.5 Å². The number of nitrogens with zero attached hydrogens (tertiary/aromatic N) is 2. The minimum Gasteiger partial charge on any atom is -0.347 e. The highest BCUT2D eigenvalue weighted by molar-refractivity contribution is 7.87. The van der Waals surface area contributed by atoms with Gasteiger partial charge in [0, 0.05) is 26.0 Å². The minimum atomic E-state index is -3.34. The van der Waals surface area contributed by atoms with Gasteiger partial charge < -0.3 is 4.98 Å². The molecule has 1 heterocycles. The molecule has 1 aromatic heterocycles. The standard InChI is InChI=1S/C6H12N4O2S/c1-10(2)13(11,12)9-4-6-3-7-5-8-6/h3,5,9H,4H2,1-2H3,(H,7,8). The van der Waals surface area contributed by atoms with Crippen LogP contribution in [0.5, 0.6) is 0 Å². The Hall–Kier alpha value is -0.920. The minimum absolute atomic E-state index is 0.223. The van der Waals surface area contributed by atoms with Gasteiger partial charge in [0.2, 0.25) is 0 Å². The quantitative estimate of drug-likeness (QED) is 0.681. The third-order valence-corrected chi connectivity index (χ3v) is 2.95. The van der Waals surface area contributed by atoms with Gasteiger partial charge in [0.05, 0.1) is 12.9 Å². The maximum atomic E-state index is 11.2. The van der Waals surface area contributed by atoms with Crippen molar-refractivity contribution in [1.82, 2.24) is 19.0 Å². The molecule has 2 N–H and O–H groups in total. The van der Waals surface area contributed by atoms with E-state index in [4.69, 9.17) is 0 Å². The van der Waals surface area contributed by atoms with Crippen molar-refractivity contribution in [2.75, 3.05) is 14.1 Å². The summed E-state index contributed by atoms with van der Waals surface area (Å²) in [6, 6.07) is 0. The van der Waals surface area contributed by atoms with E-state index in [0.29, 0.717) is 0 Å². The highest BCUT2D eigenvalue weighted by Gasteiger charge is 2.11. The first-order chi connectivity index (χ1) is 6.02. The Morgan fingerprint density at radius 3 is 2.77 bits per heavy atom. The predicted molar refractivity (Wildman–Crippen MR) is 48.0 cm³/mol. The fourth-order valence-corrected chi connectivity index (χ4v) is 1.28. The fourth-order valence-electron chi connectivity index (χ4n) is 0.679. The Morgan fingerprint density at radius 2 is 2.31 bits per heavy atom. The van der Waals surface area contributed by atoms with Crippen LogP contribution >= 0.6 is 0 Å². The average molecular weight is 204 g/mol. The van der Waals surface area contributed by atoms with Crippen LogP contribution in [0.2, 0.25) is 0 Å². The summed E-state index contributed by atoms with van der Waals surface area (Å²) in [5, 5.41) is 0. The molecule has 74 valence electrons. The maximum Gasteiger partial charge on any atom is 0.279 e. The zero-order chi connectivity index (χ0) is 9.90. The lowest BCUT2D eigenvalue weighted by molar-refractivity contribution is 0.504. The van der Waals surface area contributed by atoms with E-state index < -0.39 is 10.2 Å². The van der Waals surface area contributed by atoms with Crippen LogP contribution in [0.1, 0.15) is 5.69 Å². The summed E-state index contributed by atoms with van der Waals surface area (Å²) in [6.45, 7) is 0.223. The Balaban J connectivity index is 2.53. The summed E-state index contributed by atoms with van der Waals surface area (Å²) in [6.07, 6.45) is 3.07. The Morgan fingerprint density at radius 1 is 1.62 bits per heavy atom. The third kappa shape index (κ3) is 2.79. The topological polar surface area (TPSA) is 78.1 Å². The number of imidazole rings is 1. The molecule has 0 bridgehead atoms. The first-order valence-corrected chi connectivity index (χ1v) is 5.11. The second-order valence-electron chi connectivity index (χ2n) is 2.69. The lowest BCUT2D eigenvalue weighted by Gasteiger charge is -2.11. The number of aromatic amines is 1. The normalized spacial score (nSPS) is 12.2. The Bertz CT molecular complexity index is 343. The van der Waals surface area contributed by atoms with E-state index in [1.807, 2.05) is 0 Å². The lowest BCUT2D eigenvalue weighted by Crippen LogP contribution is -2.35. The van der Waals surface area contributed by atoms with E-state index in [0.717, 1.165) is 10.00 Å². The second-order valence-corrected chi connectivity index (χ2v) is 4.65. The molecule has 0 amide bonds. The molecule has 0 aliphatic heterocycles. The molecule has 0 saturated carbocycles. The van der Waals surface area contributed by atoms with E-state index in [2.05, 4.69) is 14.7 Å². The van der Waals surface area contributed by atoms with Crippen LogP contribution < -0.4 is 4.72 Å². The van der Waals surface area contributed by atoms with Crippen LogP contribution in [-0.4, -0.2) is 36.8 Å². The van der Waals surface area contributed by atoms with Gasteiger partial charge in [-0.25, -0.2) is 4.98 Å². The van der Waals surface area contributed by atoms with Crippen LogP contribution in [0, 0.1) is 0 Å². The zero-order valence-electron chi connectivity index (χ0n) is 7.48. The molecule has 0 unspecified atom stereocenters. The molecule has 7 heteroatoms. The van der Waals surface area contributed by atoms with Crippen LogP contribution in [0.25, 0.3) is 0 Å². The van der Waals surface area contributed by atoms with Crippen molar-refractivity contribution < 1.29 is 8.42 Å². The monoisotopic (exact) mass is 204 g/mol. The molecule has 0 saturated heterocycles. The van der Waals surface area contributed by atoms with Crippen molar-refractivity contribution >= 4 is 10.2 Å². The number of H-pyrrole nitrogens is 1. The van der Waals surface area contributed by atoms with Crippen molar-refractivity contribution in [1.29, 1.82) is 0 Å². The molecular formula is C6H12N4O2S. The van der Waals surface area contributed by atoms with Gasteiger partial charge in [-0.15, -0.1) is 0 Å². The molecule has 0 aliphatic rings. The summed E-state index contributed by atoms with van der Waals surface area (Å²) < 4.78 is 25.9. The van der Waals surface area contributed by atoms with Gasteiger partial charge in [-0.2, -0.15) is 17.4 Å². The first kappa shape index (κ1) is 10.2. The zero-order valence-corrected chi connectivity index (χ0v) is 8.30. The highest BCUT2D eigenvalue weighted by atomic mass is 32.2. The van der Waals surface area contributed by atoms with Gasteiger partial charge in [-0.1, -0.05) is 0 Å². The van der Waals surface area contributed by atoms with Crippen molar-refractivity contribution in [2.45, 2.75) is 6.54 Å². The molecule has 0 radical (unpaired) electrons. The third-order valence-electron chi connectivity index (χ3n) is 1.48. The molecule has 1 rings (SSSR count). The molecule has 0 aliphatic carbocycles. The second kappa shape index (κ2) is 3.86. The van der Waals surface area contributed by atoms with Crippen molar-refractivity contribution in [3.8, 4) is 0 Å². The number of aromatic nitrogens is 2. The molecular weight excluding hydrogens is 192 g/mol. The van der Waals surface area contributed by atoms with Crippen molar-refractivity contribution in [3.05, 3.63) is 18.2 Å². The Kier molecular flexibility index (Phi) is 3.02. The largest absolute Gasteiger partial charge is 0.347 e. The molecule has 6 nitrogen and oxygen atoms in total. The number of nitrogens with one attached hydrogen (secondary N) is 2. The average Bonchev–Trinajstić information content (AvgIpc) is 2.52. The Labute approximate surface area is 77.2 Å². The van der Waals surface area contributed by atoms with E-state index in [1.54, 1.807) is 6.20 Å². The SMILES string of the molecule is CN(C)S(=O)(=O)NCc1cnc[nH]1. The first-order valence-electron chi connectivity index (χ1n) is 3.67. The lowest BCUT2D eigenvalue weighted by atomic mass is 10.5. The summed E-state index contributed by atoms with van der Waals surface area (Å²) in [7, 11) is -0.404. The van der Waals surface area contributed by atoms with Gasteiger partial charge in [-0.05, 0) is 0 Å². The summed E-state index contributed by atoms with van der Waals surface area (Å²) in [5.41, 5.74) is 0.727. The summed E-state index contributed by atoms with van der Waals surface area (Å²) in [5.74, 6) is 0. The molecule has 13 heavy (non-hydrogen) atoms.